The number of carbonyl (C=O) groups excluding carboxylic acids is 1. The van der Waals surface area contributed by atoms with Crippen LogP contribution in [0.1, 0.15) is 51.0 Å². The van der Waals surface area contributed by atoms with E-state index >= 15 is 0 Å². The maximum Gasteiger partial charge on any atom is 0.320 e. The molecule has 8 heteroatoms. The normalized spacial score (nSPS) is 17.7. The van der Waals surface area contributed by atoms with E-state index in [4.69, 9.17) is 10.7 Å². The molecule has 0 aliphatic carbocycles. The van der Waals surface area contributed by atoms with Crippen molar-refractivity contribution in [2.45, 2.75) is 58.5 Å². The van der Waals surface area contributed by atoms with Gasteiger partial charge in [-0.3, -0.25) is 0 Å². The summed E-state index contributed by atoms with van der Waals surface area (Å²) in [6, 6.07) is 19.2. The molecule has 4 rings (SSSR count). The quantitative estimate of drug-likeness (QED) is 0.443. The van der Waals surface area contributed by atoms with Crippen molar-refractivity contribution < 1.29 is 14.3 Å². The van der Waals surface area contributed by atoms with Crippen LogP contribution >= 0.6 is 0 Å². The number of nitrogens with two attached hydrogens (primary N) is 1. The monoisotopic (exact) mass is 521 g/mol. The van der Waals surface area contributed by atoms with Crippen molar-refractivity contribution in [1.29, 1.82) is 0 Å². The van der Waals surface area contributed by atoms with Gasteiger partial charge in [-0.15, -0.1) is 0 Å². The number of alkyl halides is 1. The van der Waals surface area contributed by atoms with E-state index in [2.05, 4.69) is 16.7 Å². The molecule has 3 atom stereocenters. The molecular weight excluding hydrogens is 481 g/mol. The van der Waals surface area contributed by atoms with Gasteiger partial charge in [0, 0.05) is 37.9 Å². The second kappa shape index (κ2) is 12.1. The number of likely N-dealkylation sites (tertiary alicyclic amines) is 1. The zero-order valence-corrected chi connectivity index (χ0v) is 22.6. The number of aliphatic hydroxyl groups excluding tert-OH is 1. The van der Waals surface area contributed by atoms with Crippen molar-refractivity contribution in [2.75, 3.05) is 26.2 Å². The summed E-state index contributed by atoms with van der Waals surface area (Å²) in [5.41, 5.74) is 8.07. The fraction of sp³-hybridized carbons (Fsp3) is 0.467. The van der Waals surface area contributed by atoms with E-state index in [1.807, 2.05) is 75.5 Å². The van der Waals surface area contributed by atoms with Gasteiger partial charge in [-0.2, -0.15) is 0 Å². The van der Waals surface area contributed by atoms with Crippen LogP contribution in [0, 0.1) is 5.41 Å². The van der Waals surface area contributed by atoms with Crippen LogP contribution in [0.4, 0.5) is 9.18 Å². The molecule has 2 heterocycles. The van der Waals surface area contributed by atoms with E-state index in [9.17, 15) is 14.3 Å². The highest BCUT2D eigenvalue weighted by Crippen LogP contribution is 2.40. The number of halogens is 1. The third-order valence-corrected chi connectivity index (χ3v) is 7.01. The first-order chi connectivity index (χ1) is 18.2. The number of benzene rings is 2. The van der Waals surface area contributed by atoms with Crippen LogP contribution in [-0.2, 0) is 6.54 Å². The Labute approximate surface area is 225 Å². The van der Waals surface area contributed by atoms with E-state index in [0.29, 0.717) is 31.8 Å². The molecule has 1 fully saturated rings. The van der Waals surface area contributed by atoms with E-state index in [1.165, 1.54) is 0 Å². The fourth-order valence-electron chi connectivity index (χ4n) is 5.19. The van der Waals surface area contributed by atoms with Gasteiger partial charge in [0.15, 0.2) is 0 Å². The number of imidazole rings is 1. The van der Waals surface area contributed by atoms with Crippen LogP contribution in [0.2, 0.25) is 0 Å². The average Bonchev–Trinajstić information content (AvgIpc) is 3.31. The van der Waals surface area contributed by atoms with E-state index in [0.717, 1.165) is 16.8 Å². The first kappa shape index (κ1) is 27.8. The standard InChI is InChI=1S/C30H40FN5O2/c1-30(2,3)27(36(19-24(31)17-32)29(38)34-16-10-15-25(37)20-34)28-33-26(23-13-8-5-9-14-23)21-35(28)18-22-11-6-4-7-12-22/h4-9,11-14,21,24-25,27,37H,10,15-20,32H2,1-3H3/t24-,25+,27+/m1/s1. The van der Waals surface area contributed by atoms with Gasteiger partial charge in [0.1, 0.15) is 12.0 Å². The summed E-state index contributed by atoms with van der Waals surface area (Å²) in [7, 11) is 0. The third-order valence-electron chi connectivity index (χ3n) is 7.01. The van der Waals surface area contributed by atoms with Gasteiger partial charge in [0.25, 0.3) is 0 Å². The Morgan fingerprint density at radius 1 is 1.16 bits per heavy atom. The lowest BCUT2D eigenvalue weighted by Crippen LogP contribution is -2.54. The number of β-amino-alcohol motifs (C(OH)–C–C–N with tert-alkyl or cyclic N) is 1. The van der Waals surface area contributed by atoms with Gasteiger partial charge in [0.05, 0.1) is 24.4 Å². The van der Waals surface area contributed by atoms with Crippen molar-refractivity contribution in [3.05, 3.63) is 78.2 Å². The molecule has 38 heavy (non-hydrogen) atoms. The molecule has 7 nitrogen and oxygen atoms in total. The SMILES string of the molecule is CC(C)(C)[C@H](c1nc(-c2ccccc2)cn1Cc1ccccc1)N(C[C@H](F)CN)C(=O)N1CCC[C@H](O)C1. The second-order valence-electron chi connectivity index (χ2n) is 11.2. The lowest BCUT2D eigenvalue weighted by Gasteiger charge is -2.43. The number of carbonyl (C=O) groups is 1. The Hall–Kier alpha value is -3.23. The Balaban J connectivity index is 1.83. The molecular formula is C30H40FN5O2. The maximum atomic E-state index is 15.0. The number of piperidine rings is 1. The number of hydrogen-bond donors (Lipinski definition) is 2. The second-order valence-corrected chi connectivity index (χ2v) is 11.2. The smallest absolute Gasteiger partial charge is 0.320 e. The molecule has 2 amide bonds. The minimum atomic E-state index is -1.38. The van der Waals surface area contributed by atoms with Crippen LogP contribution in [0.15, 0.2) is 66.9 Å². The first-order valence-electron chi connectivity index (χ1n) is 13.4. The summed E-state index contributed by atoms with van der Waals surface area (Å²) in [6.07, 6.45) is 1.41. The number of rotatable bonds is 8. The van der Waals surface area contributed by atoms with Gasteiger partial charge in [-0.25, -0.2) is 14.2 Å². The zero-order chi connectivity index (χ0) is 27.3. The number of urea groups is 1. The van der Waals surface area contributed by atoms with Crippen molar-refractivity contribution in [3.63, 3.8) is 0 Å². The van der Waals surface area contributed by atoms with Crippen LogP contribution in [0.25, 0.3) is 11.3 Å². The third kappa shape index (κ3) is 6.60. The summed E-state index contributed by atoms with van der Waals surface area (Å²) < 4.78 is 17.0. The molecule has 1 aromatic heterocycles. The Morgan fingerprint density at radius 3 is 2.42 bits per heavy atom. The van der Waals surface area contributed by atoms with Crippen molar-refractivity contribution in [2.24, 2.45) is 11.1 Å². The lowest BCUT2D eigenvalue weighted by molar-refractivity contribution is 0.0398. The van der Waals surface area contributed by atoms with Crippen molar-refractivity contribution in [3.8, 4) is 11.3 Å². The number of aromatic nitrogens is 2. The van der Waals surface area contributed by atoms with E-state index < -0.39 is 23.7 Å². The summed E-state index contributed by atoms with van der Waals surface area (Å²) in [5, 5.41) is 10.3. The first-order valence-corrected chi connectivity index (χ1v) is 13.4. The molecule has 1 aliphatic rings. The molecule has 0 spiro atoms. The summed E-state index contributed by atoms with van der Waals surface area (Å²) >= 11 is 0. The summed E-state index contributed by atoms with van der Waals surface area (Å²) in [4.78, 5) is 22.3. The zero-order valence-electron chi connectivity index (χ0n) is 22.6. The largest absolute Gasteiger partial charge is 0.391 e. The molecule has 3 N–H and O–H groups in total. The molecule has 1 saturated heterocycles. The predicted octanol–water partition coefficient (Wildman–Crippen LogP) is 4.86. The number of aliphatic hydroxyl groups is 1. The topological polar surface area (TPSA) is 87.6 Å². The minimum Gasteiger partial charge on any atom is -0.391 e. The minimum absolute atomic E-state index is 0.150. The molecule has 0 bridgehead atoms. The van der Waals surface area contributed by atoms with Gasteiger partial charge in [-0.05, 0) is 23.8 Å². The van der Waals surface area contributed by atoms with E-state index in [1.54, 1.807) is 9.80 Å². The molecule has 0 unspecified atom stereocenters. The Kier molecular flexibility index (Phi) is 8.84. The Bertz CT molecular complexity index is 1180. The molecule has 0 saturated carbocycles. The molecule has 2 aromatic carbocycles. The van der Waals surface area contributed by atoms with E-state index in [-0.39, 0.29) is 25.7 Å². The van der Waals surface area contributed by atoms with Gasteiger partial charge < -0.3 is 25.2 Å². The summed E-state index contributed by atoms with van der Waals surface area (Å²) in [6.45, 7) is 7.12. The predicted molar refractivity (Wildman–Crippen MR) is 148 cm³/mol. The fourth-order valence-corrected chi connectivity index (χ4v) is 5.19. The van der Waals surface area contributed by atoms with Gasteiger partial charge in [-0.1, -0.05) is 81.4 Å². The van der Waals surface area contributed by atoms with Crippen LogP contribution in [0.3, 0.4) is 0 Å². The maximum absolute atomic E-state index is 15.0. The highest BCUT2D eigenvalue weighted by Gasteiger charge is 2.41. The van der Waals surface area contributed by atoms with Crippen molar-refractivity contribution >= 4 is 6.03 Å². The highest BCUT2D eigenvalue weighted by atomic mass is 19.1. The van der Waals surface area contributed by atoms with Crippen LogP contribution in [0.5, 0.6) is 0 Å². The van der Waals surface area contributed by atoms with Crippen LogP contribution < -0.4 is 5.73 Å². The van der Waals surface area contributed by atoms with Gasteiger partial charge in [0.2, 0.25) is 0 Å². The lowest BCUT2D eigenvalue weighted by atomic mass is 9.84. The number of nitrogens with zero attached hydrogens (tertiary/aromatic N) is 4. The molecule has 204 valence electrons. The molecule has 1 aliphatic heterocycles. The number of hydrogen-bond acceptors (Lipinski definition) is 4. The Morgan fingerprint density at radius 2 is 1.82 bits per heavy atom. The molecule has 3 aromatic rings. The summed E-state index contributed by atoms with van der Waals surface area (Å²) in [5.74, 6) is 0.690. The number of amides is 2. The van der Waals surface area contributed by atoms with Gasteiger partial charge >= 0.3 is 6.03 Å². The molecule has 0 radical (unpaired) electrons. The highest BCUT2D eigenvalue weighted by molar-refractivity contribution is 5.75. The average molecular weight is 522 g/mol. The van der Waals surface area contributed by atoms with Crippen LogP contribution in [-0.4, -0.2) is 68.9 Å². The van der Waals surface area contributed by atoms with Crippen molar-refractivity contribution in [1.82, 2.24) is 19.4 Å².